The van der Waals surface area contributed by atoms with Crippen molar-refractivity contribution in [3.05, 3.63) is 35.9 Å². The Morgan fingerprint density at radius 3 is 2.85 bits per heavy atom. The molecule has 0 amide bonds. The minimum atomic E-state index is -0.980. The highest BCUT2D eigenvalue weighted by Crippen LogP contribution is 2.22. The minimum absolute atomic E-state index is 0.151. The van der Waals surface area contributed by atoms with Crippen molar-refractivity contribution in [2.75, 3.05) is 18.5 Å². The Morgan fingerprint density at radius 2 is 2.20 bits per heavy atom. The molecule has 2 aromatic rings. The van der Waals surface area contributed by atoms with Crippen molar-refractivity contribution < 1.29 is 9.90 Å². The first kappa shape index (κ1) is 13.8. The van der Waals surface area contributed by atoms with Gasteiger partial charge >= 0.3 is 5.97 Å². The van der Waals surface area contributed by atoms with Gasteiger partial charge in [-0.1, -0.05) is 18.2 Å². The molecule has 2 rings (SSSR count). The monoisotopic (exact) mass is 269 g/mol. The molecule has 0 bridgehead atoms. The number of pyridine rings is 1. The highest BCUT2D eigenvalue weighted by atomic mass is 16.4. The van der Waals surface area contributed by atoms with Crippen molar-refractivity contribution in [2.45, 2.75) is 6.92 Å². The predicted molar refractivity (Wildman–Crippen MR) is 76.7 cm³/mol. The van der Waals surface area contributed by atoms with E-state index in [0.29, 0.717) is 23.3 Å². The average molecular weight is 269 g/mol. The molecule has 1 aromatic heterocycles. The van der Waals surface area contributed by atoms with E-state index < -0.39 is 5.97 Å². The van der Waals surface area contributed by atoms with Crippen molar-refractivity contribution in [3.8, 4) is 6.07 Å². The number of hydrogen-bond donors (Lipinski definition) is 1. The number of carboxylic acid groups (broad SMARTS) is 1. The Morgan fingerprint density at radius 1 is 1.50 bits per heavy atom. The number of anilines is 1. The van der Waals surface area contributed by atoms with Crippen molar-refractivity contribution >= 4 is 22.7 Å². The number of benzene rings is 1. The van der Waals surface area contributed by atoms with Gasteiger partial charge in [-0.3, -0.25) is 0 Å². The molecular weight excluding hydrogens is 254 g/mol. The fourth-order valence-electron chi connectivity index (χ4n) is 2.08. The highest BCUT2D eigenvalue weighted by molar-refractivity contribution is 6.03. The third-order valence-corrected chi connectivity index (χ3v) is 3.09. The molecule has 0 radical (unpaired) electrons. The van der Waals surface area contributed by atoms with Crippen LogP contribution in [0.2, 0.25) is 0 Å². The lowest BCUT2D eigenvalue weighted by Gasteiger charge is -2.20. The molecule has 0 aliphatic rings. The summed E-state index contributed by atoms with van der Waals surface area (Å²) in [6.45, 7) is 2.32. The van der Waals surface area contributed by atoms with Crippen LogP contribution in [0.25, 0.3) is 10.9 Å². The van der Waals surface area contributed by atoms with Gasteiger partial charge in [0.2, 0.25) is 0 Å². The second kappa shape index (κ2) is 5.57. The number of rotatable bonds is 4. The van der Waals surface area contributed by atoms with Crippen LogP contribution in [0.3, 0.4) is 0 Å². The van der Waals surface area contributed by atoms with Crippen LogP contribution in [0.4, 0.5) is 5.82 Å². The predicted octanol–water partition coefficient (Wildman–Crippen LogP) is 2.53. The molecule has 1 atom stereocenters. The number of hydrogen-bond acceptors (Lipinski definition) is 4. The number of carboxylic acids is 1. The van der Waals surface area contributed by atoms with Crippen LogP contribution in [0.1, 0.15) is 17.3 Å². The maximum Gasteiger partial charge on any atom is 0.336 e. The molecular formula is C15H15N3O2. The molecule has 5 heteroatoms. The summed E-state index contributed by atoms with van der Waals surface area (Å²) in [7, 11) is 1.80. The summed E-state index contributed by atoms with van der Waals surface area (Å²) in [4.78, 5) is 17.6. The summed E-state index contributed by atoms with van der Waals surface area (Å²) in [5, 5.41) is 18.8. The summed E-state index contributed by atoms with van der Waals surface area (Å²) in [5.41, 5.74) is 0.862. The van der Waals surface area contributed by atoms with Crippen molar-refractivity contribution in [2.24, 2.45) is 5.92 Å². The van der Waals surface area contributed by atoms with E-state index in [9.17, 15) is 9.90 Å². The summed E-state index contributed by atoms with van der Waals surface area (Å²) >= 11 is 0. The zero-order chi connectivity index (χ0) is 14.7. The van der Waals surface area contributed by atoms with E-state index in [1.807, 2.05) is 13.0 Å². The quantitative estimate of drug-likeness (QED) is 0.922. The smallest absolute Gasteiger partial charge is 0.336 e. The zero-order valence-electron chi connectivity index (χ0n) is 11.4. The van der Waals surface area contributed by atoms with E-state index in [4.69, 9.17) is 5.26 Å². The fraction of sp³-hybridized carbons (Fsp3) is 0.267. The first-order chi connectivity index (χ1) is 9.52. The SMILES string of the molecule is CC(C#N)CN(C)c1cc(C(=O)O)c2ccccc2n1. The van der Waals surface area contributed by atoms with Gasteiger partial charge < -0.3 is 10.0 Å². The topological polar surface area (TPSA) is 77.2 Å². The second-order valence-electron chi connectivity index (χ2n) is 4.76. The second-order valence-corrected chi connectivity index (χ2v) is 4.76. The van der Waals surface area contributed by atoms with Gasteiger partial charge in [0.15, 0.2) is 0 Å². The Bertz CT molecular complexity index is 691. The molecule has 20 heavy (non-hydrogen) atoms. The van der Waals surface area contributed by atoms with Crippen molar-refractivity contribution in [1.29, 1.82) is 5.26 Å². The van der Waals surface area contributed by atoms with Gasteiger partial charge in [-0.25, -0.2) is 9.78 Å². The van der Waals surface area contributed by atoms with Gasteiger partial charge in [-0.15, -0.1) is 0 Å². The molecule has 5 nitrogen and oxygen atoms in total. The van der Waals surface area contributed by atoms with Gasteiger partial charge in [0.1, 0.15) is 5.82 Å². The fourth-order valence-corrected chi connectivity index (χ4v) is 2.08. The van der Waals surface area contributed by atoms with Crippen LogP contribution < -0.4 is 4.90 Å². The number of para-hydroxylation sites is 1. The number of aromatic nitrogens is 1. The summed E-state index contributed by atoms with van der Waals surface area (Å²) in [5.74, 6) is -0.573. The number of carbonyl (C=O) groups is 1. The van der Waals surface area contributed by atoms with Crippen LogP contribution >= 0.6 is 0 Å². The Balaban J connectivity index is 2.50. The van der Waals surface area contributed by atoms with Crippen molar-refractivity contribution in [3.63, 3.8) is 0 Å². The summed E-state index contributed by atoms with van der Waals surface area (Å²) in [6, 6.07) is 10.8. The Labute approximate surface area is 117 Å². The number of nitrogens with zero attached hydrogens (tertiary/aromatic N) is 3. The molecule has 0 saturated heterocycles. The van der Waals surface area contributed by atoms with Gasteiger partial charge in [-0.2, -0.15) is 5.26 Å². The van der Waals surface area contributed by atoms with E-state index in [1.54, 1.807) is 36.2 Å². The van der Waals surface area contributed by atoms with E-state index in [0.717, 1.165) is 0 Å². The molecule has 0 saturated carbocycles. The lowest BCUT2D eigenvalue weighted by molar-refractivity contribution is 0.0699. The lowest BCUT2D eigenvalue weighted by Crippen LogP contribution is -2.24. The molecule has 102 valence electrons. The average Bonchev–Trinajstić information content (AvgIpc) is 2.45. The molecule has 1 N–H and O–H groups in total. The van der Waals surface area contributed by atoms with Gasteiger partial charge in [0, 0.05) is 19.0 Å². The Kier molecular flexibility index (Phi) is 3.85. The molecule has 1 aromatic carbocycles. The third-order valence-electron chi connectivity index (χ3n) is 3.09. The lowest BCUT2D eigenvalue weighted by atomic mass is 10.1. The maximum absolute atomic E-state index is 11.4. The standard InChI is InChI=1S/C15H15N3O2/c1-10(8-16)9-18(2)14-7-12(15(19)20)11-5-3-4-6-13(11)17-14/h3-7,10H,9H2,1-2H3,(H,19,20). The Hall–Kier alpha value is -2.61. The first-order valence-corrected chi connectivity index (χ1v) is 6.26. The van der Waals surface area contributed by atoms with Crippen LogP contribution in [0, 0.1) is 17.2 Å². The van der Waals surface area contributed by atoms with Gasteiger partial charge in [0.05, 0.1) is 23.1 Å². The molecule has 0 aliphatic carbocycles. The van der Waals surface area contributed by atoms with Crippen LogP contribution in [0.15, 0.2) is 30.3 Å². The zero-order valence-corrected chi connectivity index (χ0v) is 11.4. The van der Waals surface area contributed by atoms with E-state index in [1.165, 1.54) is 0 Å². The van der Waals surface area contributed by atoms with Gasteiger partial charge in [0.25, 0.3) is 0 Å². The number of nitriles is 1. The summed E-state index contributed by atoms with van der Waals surface area (Å²) in [6.07, 6.45) is 0. The summed E-state index contributed by atoms with van der Waals surface area (Å²) < 4.78 is 0. The minimum Gasteiger partial charge on any atom is -0.478 e. The van der Waals surface area contributed by atoms with Crippen LogP contribution in [0.5, 0.6) is 0 Å². The van der Waals surface area contributed by atoms with Gasteiger partial charge in [-0.05, 0) is 19.1 Å². The van der Waals surface area contributed by atoms with E-state index >= 15 is 0 Å². The molecule has 1 heterocycles. The molecule has 0 spiro atoms. The van der Waals surface area contributed by atoms with Crippen molar-refractivity contribution in [1.82, 2.24) is 4.98 Å². The molecule has 0 aliphatic heterocycles. The largest absolute Gasteiger partial charge is 0.478 e. The maximum atomic E-state index is 11.4. The van der Waals surface area contributed by atoms with Crippen LogP contribution in [-0.2, 0) is 0 Å². The highest BCUT2D eigenvalue weighted by Gasteiger charge is 2.14. The molecule has 0 fully saturated rings. The number of fused-ring (bicyclic) bond motifs is 1. The first-order valence-electron chi connectivity index (χ1n) is 6.26. The van der Waals surface area contributed by atoms with E-state index in [2.05, 4.69) is 11.1 Å². The normalized spacial score (nSPS) is 11.8. The van der Waals surface area contributed by atoms with Crippen LogP contribution in [-0.4, -0.2) is 29.7 Å². The molecule has 1 unspecified atom stereocenters. The third kappa shape index (κ3) is 2.69. The van der Waals surface area contributed by atoms with E-state index in [-0.39, 0.29) is 11.5 Å². The number of aromatic carboxylic acids is 1.